The Bertz CT molecular complexity index is 2430. The molecule has 0 fully saturated rings. The van der Waals surface area contributed by atoms with Crippen LogP contribution >= 0.6 is 17.0 Å². The van der Waals surface area contributed by atoms with Crippen molar-refractivity contribution in [3.63, 3.8) is 0 Å². The van der Waals surface area contributed by atoms with Crippen LogP contribution in [0.25, 0.3) is 43.7 Å². The zero-order chi connectivity index (χ0) is 38.4. The number of aromatic nitrogens is 1. The summed E-state index contributed by atoms with van der Waals surface area (Å²) >= 11 is -0.826. The second kappa shape index (κ2) is 17.6. The first-order valence-electron chi connectivity index (χ1n) is 19.4. The van der Waals surface area contributed by atoms with Gasteiger partial charge in [-0.2, -0.15) is 23.8 Å². The van der Waals surface area contributed by atoms with E-state index in [2.05, 4.69) is 184 Å². The SMILES string of the molecule is Cn1c2ccccc2c2cc(-c3cccc4c3cc[c-]4C(c3ccccc3)(c3ccccc3)[c-]3ccc(CCCCCCOC(C)(C)C)c3)ccc21.[Cl][Zr+2][Cl]. The van der Waals surface area contributed by atoms with Gasteiger partial charge in [0.25, 0.3) is 0 Å². The number of hydrogen-bond donors (Lipinski definition) is 0. The molecular weight excluding hydrogens is 793 g/mol. The van der Waals surface area contributed by atoms with Crippen molar-refractivity contribution in [3.05, 3.63) is 179 Å². The van der Waals surface area contributed by atoms with E-state index < -0.39 is 26.3 Å². The average molecular weight is 842 g/mol. The fraction of sp³-hybridized carbons (Fsp3) is 0.240. The van der Waals surface area contributed by atoms with Crippen molar-refractivity contribution in [3.8, 4) is 11.1 Å². The third-order valence-corrected chi connectivity index (χ3v) is 11.0. The third-order valence-electron chi connectivity index (χ3n) is 11.0. The van der Waals surface area contributed by atoms with Crippen molar-refractivity contribution in [2.45, 2.75) is 63.9 Å². The van der Waals surface area contributed by atoms with Gasteiger partial charge < -0.3 is 9.30 Å². The Hall–Kier alpha value is -3.72. The van der Waals surface area contributed by atoms with Crippen molar-refractivity contribution in [1.29, 1.82) is 0 Å². The molecule has 0 saturated carbocycles. The van der Waals surface area contributed by atoms with Gasteiger partial charge in [-0.05, 0) is 67.5 Å². The zero-order valence-corrected chi connectivity index (χ0v) is 36.3. The van der Waals surface area contributed by atoms with E-state index in [9.17, 15) is 0 Å². The predicted octanol–water partition coefficient (Wildman–Crippen LogP) is 14.3. The molecule has 0 radical (unpaired) electrons. The van der Waals surface area contributed by atoms with Crippen molar-refractivity contribution in [1.82, 2.24) is 4.57 Å². The minimum absolute atomic E-state index is 0.0595. The Morgan fingerprint density at radius 2 is 1.29 bits per heavy atom. The topological polar surface area (TPSA) is 14.2 Å². The van der Waals surface area contributed by atoms with Crippen LogP contribution in [0.15, 0.2) is 152 Å². The van der Waals surface area contributed by atoms with Gasteiger partial charge in [-0.15, -0.1) is 40.1 Å². The van der Waals surface area contributed by atoms with Gasteiger partial charge in [-0.25, -0.2) is 6.07 Å². The molecule has 55 heavy (non-hydrogen) atoms. The van der Waals surface area contributed by atoms with E-state index in [1.807, 2.05) is 0 Å². The molecule has 0 N–H and O–H groups in total. The van der Waals surface area contributed by atoms with Crippen LogP contribution in [0.3, 0.4) is 0 Å². The van der Waals surface area contributed by atoms with E-state index in [0.29, 0.717) is 0 Å². The molecule has 0 saturated heterocycles. The van der Waals surface area contributed by atoms with Crippen LogP contribution in [0.1, 0.15) is 74.3 Å². The maximum atomic E-state index is 5.95. The number of unbranched alkanes of at least 4 members (excludes halogenated alkanes) is 3. The molecule has 7 aromatic carbocycles. The fourth-order valence-corrected chi connectivity index (χ4v) is 8.54. The van der Waals surface area contributed by atoms with Crippen LogP contribution in [-0.2, 0) is 44.5 Å². The van der Waals surface area contributed by atoms with Gasteiger partial charge in [0, 0.05) is 35.5 Å². The van der Waals surface area contributed by atoms with Crippen molar-refractivity contribution in [2.24, 2.45) is 7.05 Å². The summed E-state index contributed by atoms with van der Waals surface area (Å²) < 4.78 is 8.26. The monoisotopic (exact) mass is 839 g/mol. The van der Waals surface area contributed by atoms with Crippen LogP contribution < -0.4 is 0 Å². The predicted molar refractivity (Wildman–Crippen MR) is 232 cm³/mol. The number of fused-ring (bicyclic) bond motifs is 4. The number of hydrogen-bond acceptors (Lipinski definition) is 1. The number of benzene rings is 5. The third kappa shape index (κ3) is 8.24. The minimum atomic E-state index is -0.826. The van der Waals surface area contributed by atoms with Crippen LogP contribution in [0.5, 0.6) is 0 Å². The summed E-state index contributed by atoms with van der Waals surface area (Å²) in [5, 5.41) is 5.18. The van der Waals surface area contributed by atoms with E-state index in [1.165, 1.54) is 90.8 Å². The number of halogens is 2. The first kappa shape index (κ1) is 39.5. The molecule has 1 heterocycles. The number of ether oxygens (including phenoxy) is 1. The molecule has 2 nitrogen and oxygen atoms in total. The molecule has 0 spiro atoms. The van der Waals surface area contributed by atoms with E-state index >= 15 is 0 Å². The maximum absolute atomic E-state index is 5.95. The molecule has 0 aliphatic heterocycles. The fourth-order valence-electron chi connectivity index (χ4n) is 8.54. The van der Waals surface area contributed by atoms with E-state index in [1.54, 1.807) is 0 Å². The van der Waals surface area contributed by atoms with Gasteiger partial charge >= 0.3 is 37.9 Å². The standard InChI is InChI=1S/C50H49NO.2ClH.Zr/c1-49(2,3)52-33-16-6-5-9-18-36-27-29-40(34-36)50(38-19-10-7-11-20-38,39-21-12-8-13-22-39)46-31-30-42-41(24-17-25-43(42)46)37-28-32-48-45(35-37)44-23-14-15-26-47(44)51(48)4;;;/h7-8,10-15,17,19-32,34-35H,5-6,9,16,18,33H2,1-4H3;2*1H;/q-2;;;+4/p-2. The molecule has 0 aliphatic carbocycles. The Morgan fingerprint density at radius 3 is 2.00 bits per heavy atom. The summed E-state index contributed by atoms with van der Waals surface area (Å²) in [7, 11) is 12.0. The molecule has 0 aliphatic rings. The molecule has 0 bridgehead atoms. The Labute approximate surface area is 345 Å². The second-order valence-corrected chi connectivity index (χ2v) is 19.2. The van der Waals surface area contributed by atoms with Crippen LogP contribution in [0, 0.1) is 0 Å². The van der Waals surface area contributed by atoms with Crippen molar-refractivity contribution >= 4 is 49.6 Å². The second-order valence-electron chi connectivity index (χ2n) is 15.5. The van der Waals surface area contributed by atoms with Crippen LogP contribution in [-0.4, -0.2) is 16.8 Å². The van der Waals surface area contributed by atoms with Crippen LogP contribution in [0.2, 0.25) is 0 Å². The summed E-state index contributed by atoms with van der Waals surface area (Å²) in [6.07, 6.45) is 5.82. The van der Waals surface area contributed by atoms with E-state index in [4.69, 9.17) is 21.8 Å². The van der Waals surface area contributed by atoms with Gasteiger partial charge in [0.15, 0.2) is 0 Å². The zero-order valence-electron chi connectivity index (χ0n) is 32.3. The molecule has 278 valence electrons. The molecule has 1 aromatic heterocycles. The molecule has 8 aromatic rings. The molecule has 8 rings (SSSR count). The van der Waals surface area contributed by atoms with Gasteiger partial charge in [0.1, 0.15) is 0 Å². The number of rotatable bonds is 12. The average Bonchev–Trinajstić information content (AvgIpc) is 3.93. The van der Waals surface area contributed by atoms with Gasteiger partial charge in [-0.3, -0.25) is 0 Å². The quantitative estimate of drug-likeness (QED) is 0.0883. The van der Waals surface area contributed by atoms with E-state index in [0.717, 1.165) is 19.4 Å². The molecule has 0 unspecified atom stereocenters. The van der Waals surface area contributed by atoms with Gasteiger partial charge in [-0.1, -0.05) is 122 Å². The van der Waals surface area contributed by atoms with Crippen molar-refractivity contribution < 1.29 is 25.6 Å². The van der Waals surface area contributed by atoms with E-state index in [-0.39, 0.29) is 5.60 Å². The molecule has 5 heteroatoms. The van der Waals surface area contributed by atoms with Gasteiger partial charge in [0.05, 0.1) is 5.60 Å². The Morgan fingerprint density at radius 1 is 0.636 bits per heavy atom. The molecule has 0 atom stereocenters. The Balaban J connectivity index is 0.00000150. The van der Waals surface area contributed by atoms with Gasteiger partial charge in [0.2, 0.25) is 0 Å². The Kier molecular flexibility index (Phi) is 12.7. The number of nitrogens with zero attached hydrogens (tertiary/aromatic N) is 1. The normalized spacial score (nSPS) is 11.9. The first-order valence-corrected chi connectivity index (χ1v) is 25.7. The van der Waals surface area contributed by atoms with Crippen molar-refractivity contribution in [2.75, 3.05) is 6.61 Å². The summed E-state index contributed by atoms with van der Waals surface area (Å²) in [4.78, 5) is 0. The first-order chi connectivity index (χ1) is 26.8. The summed E-state index contributed by atoms with van der Waals surface area (Å²) in [5.41, 5.74) is 11.1. The molecule has 0 amide bonds. The summed E-state index contributed by atoms with van der Waals surface area (Å²) in [6.45, 7) is 7.24. The molecular formula is C50H49Cl2NOZr. The van der Waals surface area contributed by atoms with Crippen LogP contribution in [0.4, 0.5) is 0 Å². The number of aryl methyl sites for hydroxylation is 2. The summed E-state index contributed by atoms with van der Waals surface area (Å²) in [6, 6.07) is 56.9. The number of para-hydroxylation sites is 1. The summed E-state index contributed by atoms with van der Waals surface area (Å²) in [5.74, 6) is 0.